The Balaban J connectivity index is 6.15. The molecule has 14 heteroatoms. The van der Waals surface area contributed by atoms with Crippen molar-refractivity contribution in [3.05, 3.63) is 0 Å². The van der Waals surface area contributed by atoms with Gasteiger partial charge in [0.1, 0.15) is 0 Å². The Hall–Kier alpha value is -1.01. The number of aliphatic carboxylic acids is 1. The summed E-state index contributed by atoms with van der Waals surface area (Å²) in [7, 11) is 0. The first kappa shape index (κ1) is 20.0. The van der Waals surface area contributed by atoms with Crippen LogP contribution < -0.4 is 0 Å². The van der Waals surface area contributed by atoms with E-state index < -0.39 is 41.2 Å². The van der Waals surface area contributed by atoms with E-state index in [4.69, 9.17) is 66.4 Å². The fourth-order valence-corrected chi connectivity index (χ4v) is 1.07. The van der Waals surface area contributed by atoms with Crippen LogP contribution in [0.15, 0.2) is 0 Å². The van der Waals surface area contributed by atoms with Crippen LogP contribution >= 0.6 is 0 Å². The van der Waals surface area contributed by atoms with E-state index in [-0.39, 0.29) is 0 Å². The minimum absolute atomic E-state index is 2.94. The first-order valence-corrected chi connectivity index (χ1v) is 4.72. The number of hydrogen-bond donors (Lipinski definition) is 13. The molecule has 126 valence electrons. The van der Waals surface area contributed by atoms with Gasteiger partial charge in [-0.05, 0) is 0 Å². The summed E-state index contributed by atoms with van der Waals surface area (Å²) in [6.07, 6.45) is -3.57. The van der Waals surface area contributed by atoms with Gasteiger partial charge in [-0.1, -0.05) is 0 Å². The maximum absolute atomic E-state index is 10.4. The maximum atomic E-state index is 10.4. The van der Waals surface area contributed by atoms with Crippen LogP contribution in [0.3, 0.4) is 0 Å². The second-order valence-electron chi connectivity index (χ2n) is 4.09. The lowest BCUT2D eigenvalue weighted by Gasteiger charge is -2.49. The second-order valence-corrected chi connectivity index (χ2v) is 4.09. The van der Waals surface area contributed by atoms with E-state index in [9.17, 15) is 4.79 Å². The van der Waals surface area contributed by atoms with E-state index in [2.05, 4.69) is 0 Å². The van der Waals surface area contributed by atoms with Crippen molar-refractivity contribution in [2.24, 2.45) is 0 Å². The number of rotatable bonds is 6. The molecule has 0 heterocycles. The molecular formula is C7H14O14. The summed E-state index contributed by atoms with van der Waals surface area (Å²) >= 11 is 0. The van der Waals surface area contributed by atoms with Crippen LogP contribution in [0.5, 0.6) is 0 Å². The van der Waals surface area contributed by atoms with Crippen LogP contribution in [0.25, 0.3) is 0 Å². The Morgan fingerprint density at radius 2 is 1.00 bits per heavy atom. The molecule has 0 aromatic heterocycles. The van der Waals surface area contributed by atoms with Gasteiger partial charge >= 0.3 is 11.8 Å². The number of carboxylic acids is 1. The van der Waals surface area contributed by atoms with Crippen LogP contribution in [0.1, 0.15) is 0 Å². The third-order valence-corrected chi connectivity index (χ3v) is 2.63. The molecule has 0 aromatic rings. The zero-order valence-electron chi connectivity index (χ0n) is 9.80. The largest absolute Gasteiger partial charge is 0.477 e. The molecule has 21 heavy (non-hydrogen) atoms. The van der Waals surface area contributed by atoms with Crippen LogP contribution in [-0.2, 0) is 4.79 Å². The Labute approximate surface area is 113 Å². The summed E-state index contributed by atoms with van der Waals surface area (Å²) in [5.41, 5.74) is 0. The lowest BCUT2D eigenvalue weighted by Crippen LogP contribution is -2.83. The number of aliphatic hydroxyl groups excluding tert-OH is 1. The van der Waals surface area contributed by atoms with Crippen LogP contribution in [0.4, 0.5) is 0 Å². The topological polar surface area (TPSA) is 280 Å². The maximum Gasteiger partial charge on any atom is 0.370 e. The zero-order valence-corrected chi connectivity index (χ0v) is 9.80. The van der Waals surface area contributed by atoms with Crippen LogP contribution in [-0.4, -0.2) is 108 Å². The molecule has 0 fully saturated rings. The van der Waals surface area contributed by atoms with Gasteiger partial charge < -0.3 is 66.4 Å². The van der Waals surface area contributed by atoms with Crippen molar-refractivity contribution < 1.29 is 71.2 Å². The van der Waals surface area contributed by atoms with E-state index in [0.717, 1.165) is 0 Å². The van der Waals surface area contributed by atoms with Gasteiger partial charge in [0.05, 0.1) is 0 Å². The third-order valence-electron chi connectivity index (χ3n) is 2.63. The highest BCUT2D eigenvalue weighted by molar-refractivity contribution is 5.76. The van der Waals surface area contributed by atoms with Gasteiger partial charge in [-0.15, -0.1) is 0 Å². The van der Waals surface area contributed by atoms with Gasteiger partial charge in [0, 0.05) is 0 Å². The molecule has 0 radical (unpaired) electrons. The van der Waals surface area contributed by atoms with Gasteiger partial charge in [0.25, 0.3) is 23.1 Å². The molecule has 0 rings (SSSR count). The molecule has 0 amide bonds. The molecule has 0 aliphatic heterocycles. The highest BCUT2D eigenvalue weighted by atomic mass is 16.7. The molecule has 13 N–H and O–H groups in total. The molecule has 0 aromatic carbocycles. The number of carboxylic acid groups (broad SMARTS) is 1. The summed E-state index contributed by atoms with van der Waals surface area (Å²) in [6.45, 7) is 0. The number of hydrogen-bond acceptors (Lipinski definition) is 13. The Morgan fingerprint density at radius 1 is 0.667 bits per heavy atom. The van der Waals surface area contributed by atoms with Gasteiger partial charge in [-0.25, -0.2) is 4.79 Å². The third kappa shape index (κ3) is 2.48. The average molecular weight is 322 g/mol. The quantitative estimate of drug-likeness (QED) is 0.202. The summed E-state index contributed by atoms with van der Waals surface area (Å²) < 4.78 is 0. The SMILES string of the molecule is O=C(O)C(O)(O)C(O)(O)C(O)(O)C(O)(O)C(O)(O)C(O)O. The van der Waals surface area contributed by atoms with E-state index >= 15 is 0 Å². The molecule has 0 aliphatic carbocycles. The Bertz CT molecular complexity index is 406. The van der Waals surface area contributed by atoms with Gasteiger partial charge in [0.15, 0.2) is 0 Å². The van der Waals surface area contributed by atoms with Crippen LogP contribution in [0.2, 0.25) is 0 Å². The Morgan fingerprint density at radius 3 is 1.24 bits per heavy atom. The van der Waals surface area contributed by atoms with Crippen molar-refractivity contribution in [2.45, 2.75) is 35.2 Å². The van der Waals surface area contributed by atoms with Crippen molar-refractivity contribution in [2.75, 3.05) is 0 Å². The minimum Gasteiger partial charge on any atom is -0.477 e. The van der Waals surface area contributed by atoms with Crippen molar-refractivity contribution in [1.29, 1.82) is 0 Å². The summed E-state index contributed by atoms with van der Waals surface area (Å²) in [6, 6.07) is 0. The first-order valence-electron chi connectivity index (χ1n) is 4.72. The molecular weight excluding hydrogens is 308 g/mol. The highest BCUT2D eigenvalue weighted by Gasteiger charge is 2.78. The molecule has 14 nitrogen and oxygen atoms in total. The Kier molecular flexibility index (Phi) is 4.78. The number of carbonyl (C=O) groups is 1. The zero-order chi connectivity index (χ0) is 17.7. The smallest absolute Gasteiger partial charge is 0.370 e. The van der Waals surface area contributed by atoms with Crippen molar-refractivity contribution in [1.82, 2.24) is 0 Å². The van der Waals surface area contributed by atoms with E-state index in [1.54, 1.807) is 0 Å². The first-order chi connectivity index (χ1) is 8.89. The van der Waals surface area contributed by atoms with Gasteiger partial charge in [0.2, 0.25) is 6.29 Å². The highest BCUT2D eigenvalue weighted by Crippen LogP contribution is 2.39. The van der Waals surface area contributed by atoms with Crippen molar-refractivity contribution in [3.8, 4) is 0 Å². The minimum atomic E-state index is -5.25. The summed E-state index contributed by atoms with van der Waals surface area (Å²) in [5, 5.41) is 116. The lowest BCUT2D eigenvalue weighted by molar-refractivity contribution is -0.546. The predicted octanol–water partition coefficient (Wildman–Crippen LogP) is -8.21. The number of aliphatic hydroxyl groups is 12. The fourth-order valence-electron chi connectivity index (χ4n) is 1.07. The van der Waals surface area contributed by atoms with Crippen LogP contribution in [0, 0.1) is 0 Å². The fraction of sp³-hybridized carbons (Fsp3) is 0.857. The van der Waals surface area contributed by atoms with E-state index in [0.29, 0.717) is 0 Å². The monoisotopic (exact) mass is 322 g/mol. The molecule has 0 atom stereocenters. The van der Waals surface area contributed by atoms with Crippen molar-refractivity contribution in [3.63, 3.8) is 0 Å². The summed E-state index contributed by atoms with van der Waals surface area (Å²) in [5.74, 6) is -28.1. The molecule has 0 aliphatic rings. The van der Waals surface area contributed by atoms with Gasteiger partial charge in [-0.2, -0.15) is 0 Å². The van der Waals surface area contributed by atoms with E-state index in [1.807, 2.05) is 0 Å². The average Bonchev–Trinajstić information content (AvgIpc) is 2.27. The second kappa shape index (κ2) is 5.02. The normalized spacial score (nSPS) is 15.5. The van der Waals surface area contributed by atoms with Gasteiger partial charge in [-0.3, -0.25) is 0 Å². The predicted molar refractivity (Wildman–Crippen MR) is 51.7 cm³/mol. The standard InChI is InChI=1S/C7H14O14/c8-1(9)3(12,13)5(16,17)7(20,21)6(18,19)4(14,15)2(10)11/h1,8-9,12-21H,(H,10,11). The lowest BCUT2D eigenvalue weighted by atomic mass is 9.84. The molecule has 0 unspecified atom stereocenters. The molecule has 0 spiro atoms. The van der Waals surface area contributed by atoms with E-state index in [1.165, 1.54) is 0 Å². The molecule has 0 saturated heterocycles. The van der Waals surface area contributed by atoms with Crippen molar-refractivity contribution >= 4 is 5.97 Å². The molecule has 0 saturated carbocycles. The summed E-state index contributed by atoms with van der Waals surface area (Å²) in [4.78, 5) is 10.4. The molecule has 0 bridgehead atoms.